The van der Waals surface area contributed by atoms with Crippen molar-refractivity contribution in [2.45, 2.75) is 27.2 Å². The number of Topliss-reactive ketones (excluding diaryl/α,β-unsaturated/α-hetero) is 1. The molecule has 0 aliphatic carbocycles. The van der Waals surface area contributed by atoms with Crippen molar-refractivity contribution in [3.05, 3.63) is 65.5 Å². The van der Waals surface area contributed by atoms with Gasteiger partial charge in [-0.1, -0.05) is 25.1 Å². The largest absolute Gasteiger partial charge is 1.00 e. The summed E-state index contributed by atoms with van der Waals surface area (Å²) in [5.41, 5.74) is 3.90. The maximum absolute atomic E-state index is 12.5. The third-order valence-electron chi connectivity index (χ3n) is 4.50. The number of carbonyl (C=O) groups is 1. The molecule has 4 heteroatoms. The quantitative estimate of drug-likeness (QED) is 0.342. The van der Waals surface area contributed by atoms with E-state index in [1.807, 2.05) is 36.4 Å². The Morgan fingerprint density at radius 3 is 2.16 bits per heavy atom. The van der Waals surface area contributed by atoms with Crippen LogP contribution in [0.25, 0.3) is 16.5 Å². The molecule has 0 N–H and O–H groups in total. The molecule has 25 heavy (non-hydrogen) atoms. The van der Waals surface area contributed by atoms with E-state index in [4.69, 9.17) is 4.74 Å². The van der Waals surface area contributed by atoms with E-state index in [2.05, 4.69) is 30.5 Å². The van der Waals surface area contributed by atoms with Crippen molar-refractivity contribution in [1.29, 1.82) is 0 Å². The van der Waals surface area contributed by atoms with Gasteiger partial charge in [0, 0.05) is 36.9 Å². The lowest BCUT2D eigenvalue weighted by Gasteiger charge is -2.13. The zero-order chi connectivity index (χ0) is 17.3. The Kier molecular flexibility index (Phi) is 6.16. The third-order valence-corrected chi connectivity index (χ3v) is 4.50. The average molecular weight is 447 g/mol. The molecule has 130 valence electrons. The Morgan fingerprint density at radius 1 is 1.04 bits per heavy atom. The number of methoxy groups -OCH3 is 1. The van der Waals surface area contributed by atoms with Crippen LogP contribution in [0, 0.1) is 6.92 Å². The Balaban J connectivity index is 0.00000225. The lowest BCUT2D eigenvalue weighted by Crippen LogP contribution is -3.00. The SMILES string of the molecule is CCc1c(C(C)=O)[n+](-c2ccc(OC)cc2)c(C)c2ccccc12.[I-]. The fourth-order valence-corrected chi connectivity index (χ4v) is 3.39. The van der Waals surface area contributed by atoms with Gasteiger partial charge in [-0.25, -0.2) is 0 Å². The van der Waals surface area contributed by atoms with Gasteiger partial charge in [-0.05, 0) is 30.0 Å². The number of pyridine rings is 1. The summed E-state index contributed by atoms with van der Waals surface area (Å²) in [5.74, 6) is 0.884. The van der Waals surface area contributed by atoms with Crippen LogP contribution in [-0.4, -0.2) is 12.9 Å². The van der Waals surface area contributed by atoms with Crippen molar-refractivity contribution in [2.24, 2.45) is 0 Å². The predicted molar refractivity (Wildman–Crippen MR) is 96.2 cm³/mol. The molecule has 0 fully saturated rings. The van der Waals surface area contributed by atoms with Gasteiger partial charge in [0.05, 0.1) is 7.11 Å². The van der Waals surface area contributed by atoms with Crippen molar-refractivity contribution in [3.63, 3.8) is 0 Å². The van der Waals surface area contributed by atoms with Crippen LogP contribution in [-0.2, 0) is 6.42 Å². The summed E-state index contributed by atoms with van der Waals surface area (Å²) in [6.45, 7) is 5.81. The highest BCUT2D eigenvalue weighted by atomic mass is 127. The van der Waals surface area contributed by atoms with Crippen LogP contribution in [0.4, 0.5) is 0 Å². The summed E-state index contributed by atoms with van der Waals surface area (Å²) in [6, 6.07) is 16.1. The first-order valence-corrected chi connectivity index (χ1v) is 8.20. The van der Waals surface area contributed by atoms with Crippen LogP contribution in [0.5, 0.6) is 5.75 Å². The Labute approximate surface area is 165 Å². The second kappa shape index (κ2) is 7.95. The molecule has 0 amide bonds. The minimum absolute atomic E-state index is 0. The number of halogens is 1. The zero-order valence-corrected chi connectivity index (χ0v) is 17.1. The molecular weight excluding hydrogens is 425 g/mol. The normalized spacial score (nSPS) is 10.4. The number of aryl methyl sites for hydroxylation is 2. The maximum Gasteiger partial charge on any atom is 0.258 e. The molecular formula is C21H22INO2. The van der Waals surface area contributed by atoms with E-state index in [1.54, 1.807) is 14.0 Å². The van der Waals surface area contributed by atoms with Crippen LogP contribution in [0.15, 0.2) is 48.5 Å². The molecule has 1 aromatic heterocycles. The highest BCUT2D eigenvalue weighted by Crippen LogP contribution is 2.25. The number of hydrogen-bond donors (Lipinski definition) is 0. The first kappa shape index (κ1) is 19.4. The monoisotopic (exact) mass is 447 g/mol. The summed E-state index contributed by atoms with van der Waals surface area (Å²) in [6.07, 6.45) is 0.811. The van der Waals surface area contributed by atoms with E-state index in [0.29, 0.717) is 0 Å². The molecule has 0 aliphatic rings. The highest BCUT2D eigenvalue weighted by molar-refractivity contribution is 5.98. The number of aromatic nitrogens is 1. The third kappa shape index (κ3) is 3.40. The van der Waals surface area contributed by atoms with E-state index in [-0.39, 0.29) is 29.8 Å². The summed E-state index contributed by atoms with van der Waals surface area (Å²) >= 11 is 0. The summed E-state index contributed by atoms with van der Waals surface area (Å²) < 4.78 is 7.32. The molecule has 0 saturated carbocycles. The lowest BCUT2D eigenvalue weighted by atomic mass is 9.97. The molecule has 0 radical (unpaired) electrons. The molecule has 0 bridgehead atoms. The topological polar surface area (TPSA) is 30.2 Å². The van der Waals surface area contributed by atoms with Gasteiger partial charge >= 0.3 is 0 Å². The molecule has 3 aromatic rings. The van der Waals surface area contributed by atoms with Crippen molar-refractivity contribution >= 4 is 16.6 Å². The van der Waals surface area contributed by atoms with Gasteiger partial charge in [-0.3, -0.25) is 4.79 Å². The van der Waals surface area contributed by atoms with Crippen LogP contribution in [0.2, 0.25) is 0 Å². The molecule has 0 spiro atoms. The van der Waals surface area contributed by atoms with Crippen molar-refractivity contribution in [2.75, 3.05) is 7.11 Å². The number of hydrogen-bond acceptors (Lipinski definition) is 2. The second-order valence-corrected chi connectivity index (χ2v) is 5.90. The van der Waals surface area contributed by atoms with Crippen molar-refractivity contribution < 1.29 is 38.1 Å². The molecule has 3 rings (SSSR count). The van der Waals surface area contributed by atoms with Crippen LogP contribution >= 0.6 is 0 Å². The summed E-state index contributed by atoms with van der Waals surface area (Å²) in [7, 11) is 1.65. The van der Waals surface area contributed by atoms with Crippen molar-refractivity contribution in [1.82, 2.24) is 0 Å². The molecule has 0 aliphatic heterocycles. The fraction of sp³-hybridized carbons (Fsp3) is 0.238. The van der Waals surface area contributed by atoms with Crippen LogP contribution in [0.1, 0.15) is 35.6 Å². The summed E-state index contributed by atoms with van der Waals surface area (Å²) in [4.78, 5) is 12.5. The van der Waals surface area contributed by atoms with Gasteiger partial charge in [-0.2, -0.15) is 4.57 Å². The molecule has 3 nitrogen and oxygen atoms in total. The maximum atomic E-state index is 12.5. The number of rotatable bonds is 4. The Hall–Kier alpha value is -1.95. The van der Waals surface area contributed by atoms with Gasteiger partial charge in [-0.15, -0.1) is 0 Å². The number of ether oxygens (including phenoxy) is 1. The highest BCUT2D eigenvalue weighted by Gasteiger charge is 2.28. The second-order valence-electron chi connectivity index (χ2n) is 5.90. The molecule has 2 aromatic carbocycles. The van der Waals surface area contributed by atoms with Gasteiger partial charge in [0.2, 0.25) is 11.5 Å². The summed E-state index contributed by atoms with van der Waals surface area (Å²) in [5, 5.41) is 2.34. The first-order chi connectivity index (χ1) is 11.6. The van der Waals surface area contributed by atoms with E-state index in [9.17, 15) is 4.79 Å². The smallest absolute Gasteiger partial charge is 0.258 e. The molecule has 0 atom stereocenters. The van der Waals surface area contributed by atoms with Gasteiger partial charge in [0.25, 0.3) is 5.69 Å². The lowest BCUT2D eigenvalue weighted by molar-refractivity contribution is -0.603. The fourth-order valence-electron chi connectivity index (χ4n) is 3.39. The number of fused-ring (bicyclic) bond motifs is 1. The number of carbonyl (C=O) groups excluding carboxylic acids is 1. The average Bonchev–Trinajstić information content (AvgIpc) is 2.61. The van der Waals surface area contributed by atoms with E-state index in [0.717, 1.165) is 40.2 Å². The standard InChI is InChI=1S/C21H22NO2.HI/c1-5-18-20-9-7-6-8-19(20)14(2)22(21(18)15(3)23)16-10-12-17(24-4)13-11-16;/h6-13H,5H2,1-4H3;1H/q+1;/p-1. The number of benzene rings is 2. The zero-order valence-electron chi connectivity index (χ0n) is 15.0. The van der Waals surface area contributed by atoms with Gasteiger partial charge < -0.3 is 28.7 Å². The van der Waals surface area contributed by atoms with Crippen molar-refractivity contribution in [3.8, 4) is 11.4 Å². The first-order valence-electron chi connectivity index (χ1n) is 8.20. The minimum atomic E-state index is 0. The Morgan fingerprint density at radius 2 is 1.64 bits per heavy atom. The number of nitrogens with zero attached hydrogens (tertiary/aromatic N) is 1. The molecule has 1 heterocycles. The van der Waals surface area contributed by atoms with E-state index in [1.165, 1.54) is 5.39 Å². The number of ketones is 1. The predicted octanol–water partition coefficient (Wildman–Crippen LogP) is 1.20. The molecule has 0 saturated heterocycles. The van der Waals surface area contributed by atoms with E-state index >= 15 is 0 Å². The van der Waals surface area contributed by atoms with Gasteiger partial charge in [0.1, 0.15) is 5.75 Å². The minimum Gasteiger partial charge on any atom is -1.00 e. The molecule has 0 unspecified atom stereocenters. The Bertz CT molecular complexity index is 917. The van der Waals surface area contributed by atoms with Crippen LogP contribution < -0.4 is 33.3 Å². The van der Waals surface area contributed by atoms with E-state index < -0.39 is 0 Å². The van der Waals surface area contributed by atoms with Crippen LogP contribution in [0.3, 0.4) is 0 Å². The van der Waals surface area contributed by atoms with Gasteiger partial charge in [0.15, 0.2) is 5.69 Å².